The highest BCUT2D eigenvalue weighted by molar-refractivity contribution is 7.80. The van der Waals surface area contributed by atoms with Gasteiger partial charge < -0.3 is 10.3 Å². The quantitative estimate of drug-likeness (QED) is 0.756. The Balaban J connectivity index is 2.10. The van der Waals surface area contributed by atoms with Crippen molar-refractivity contribution in [1.29, 1.82) is 0 Å². The lowest BCUT2D eigenvalue weighted by Crippen LogP contribution is -2.20. The highest BCUT2D eigenvalue weighted by atomic mass is 32.1. The molecular weight excluding hydrogens is 280 g/mol. The second-order valence-corrected chi connectivity index (χ2v) is 5.32. The van der Waals surface area contributed by atoms with E-state index >= 15 is 0 Å². The van der Waals surface area contributed by atoms with Crippen molar-refractivity contribution in [1.82, 2.24) is 4.57 Å². The SMILES string of the molecule is NC(=S)c1cccc(Cn2c(=O)ccc3ccccc32)c1. The molecule has 0 radical (unpaired) electrons. The molecule has 0 bridgehead atoms. The minimum Gasteiger partial charge on any atom is -0.389 e. The largest absolute Gasteiger partial charge is 0.389 e. The molecule has 1 aromatic heterocycles. The van der Waals surface area contributed by atoms with Gasteiger partial charge in [-0.1, -0.05) is 48.6 Å². The molecule has 3 rings (SSSR count). The van der Waals surface area contributed by atoms with Crippen LogP contribution in [-0.2, 0) is 6.54 Å². The molecule has 104 valence electrons. The Morgan fingerprint density at radius 3 is 2.67 bits per heavy atom. The molecule has 0 saturated heterocycles. The normalized spacial score (nSPS) is 10.7. The standard InChI is InChI=1S/C17H14N2OS/c18-17(21)14-6-3-4-12(10-14)11-19-15-7-2-1-5-13(15)8-9-16(19)20/h1-10H,11H2,(H2,18,21). The van der Waals surface area contributed by atoms with Crippen molar-refractivity contribution in [2.75, 3.05) is 0 Å². The van der Waals surface area contributed by atoms with Crippen LogP contribution in [-0.4, -0.2) is 9.56 Å². The summed E-state index contributed by atoms with van der Waals surface area (Å²) >= 11 is 5.00. The van der Waals surface area contributed by atoms with E-state index in [9.17, 15) is 4.79 Å². The van der Waals surface area contributed by atoms with E-state index in [4.69, 9.17) is 18.0 Å². The molecule has 3 aromatic rings. The van der Waals surface area contributed by atoms with Crippen LogP contribution in [0, 0.1) is 0 Å². The Labute approximate surface area is 127 Å². The van der Waals surface area contributed by atoms with Crippen LogP contribution in [0.4, 0.5) is 0 Å². The Hall–Kier alpha value is -2.46. The number of para-hydroxylation sites is 1. The van der Waals surface area contributed by atoms with Gasteiger partial charge in [0, 0.05) is 11.6 Å². The summed E-state index contributed by atoms with van der Waals surface area (Å²) < 4.78 is 1.76. The van der Waals surface area contributed by atoms with E-state index in [1.165, 1.54) is 0 Å². The number of thiocarbonyl (C=S) groups is 1. The summed E-state index contributed by atoms with van der Waals surface area (Å²) in [5, 5.41) is 1.04. The van der Waals surface area contributed by atoms with E-state index in [-0.39, 0.29) is 5.56 Å². The van der Waals surface area contributed by atoms with Crippen molar-refractivity contribution in [3.63, 3.8) is 0 Å². The van der Waals surface area contributed by atoms with Crippen LogP contribution in [0.3, 0.4) is 0 Å². The first kappa shape index (κ1) is 13.5. The summed E-state index contributed by atoms with van der Waals surface area (Å²) in [5.41, 5.74) is 8.38. The van der Waals surface area contributed by atoms with E-state index < -0.39 is 0 Å². The lowest BCUT2D eigenvalue weighted by atomic mass is 10.1. The van der Waals surface area contributed by atoms with Gasteiger partial charge in [-0.2, -0.15) is 0 Å². The van der Waals surface area contributed by atoms with Crippen molar-refractivity contribution < 1.29 is 0 Å². The molecule has 0 saturated carbocycles. The smallest absolute Gasteiger partial charge is 0.251 e. The third-order valence-corrected chi connectivity index (χ3v) is 3.69. The van der Waals surface area contributed by atoms with E-state index in [1.54, 1.807) is 10.6 Å². The molecule has 1 heterocycles. The summed E-state index contributed by atoms with van der Waals surface area (Å²) in [6.45, 7) is 0.497. The number of pyridine rings is 1. The van der Waals surface area contributed by atoms with Crippen molar-refractivity contribution in [2.24, 2.45) is 5.73 Å². The lowest BCUT2D eigenvalue weighted by Gasteiger charge is -2.11. The van der Waals surface area contributed by atoms with Crippen LogP contribution < -0.4 is 11.3 Å². The van der Waals surface area contributed by atoms with E-state index in [2.05, 4.69) is 0 Å². The predicted molar refractivity (Wildman–Crippen MR) is 89.6 cm³/mol. The summed E-state index contributed by atoms with van der Waals surface area (Å²) in [6, 6.07) is 19.0. The highest BCUT2D eigenvalue weighted by Crippen LogP contribution is 2.13. The maximum atomic E-state index is 12.2. The second kappa shape index (κ2) is 5.50. The first-order valence-corrected chi connectivity index (χ1v) is 7.03. The number of nitrogens with two attached hydrogens (primary N) is 1. The first-order valence-electron chi connectivity index (χ1n) is 6.62. The molecule has 0 aliphatic carbocycles. The van der Waals surface area contributed by atoms with E-state index in [0.29, 0.717) is 11.5 Å². The molecule has 21 heavy (non-hydrogen) atoms. The number of benzene rings is 2. The molecule has 2 N–H and O–H groups in total. The molecular formula is C17H14N2OS. The predicted octanol–water partition coefficient (Wildman–Crippen LogP) is 2.68. The Morgan fingerprint density at radius 1 is 1.05 bits per heavy atom. The highest BCUT2D eigenvalue weighted by Gasteiger charge is 2.05. The third-order valence-electron chi connectivity index (χ3n) is 3.45. The molecule has 4 heteroatoms. The molecule has 0 fully saturated rings. The Bertz CT molecular complexity index is 883. The van der Waals surface area contributed by atoms with Gasteiger partial charge in [0.05, 0.1) is 12.1 Å². The van der Waals surface area contributed by atoms with Gasteiger partial charge in [-0.25, -0.2) is 0 Å². The van der Waals surface area contributed by atoms with Crippen LogP contribution in [0.25, 0.3) is 10.9 Å². The van der Waals surface area contributed by atoms with Crippen molar-refractivity contribution in [3.05, 3.63) is 82.1 Å². The fourth-order valence-electron chi connectivity index (χ4n) is 2.41. The van der Waals surface area contributed by atoms with E-state index in [0.717, 1.165) is 22.0 Å². The summed E-state index contributed by atoms with van der Waals surface area (Å²) in [7, 11) is 0. The molecule has 0 amide bonds. The number of hydrogen-bond donors (Lipinski definition) is 1. The molecule has 2 aromatic carbocycles. The summed E-state index contributed by atoms with van der Waals surface area (Å²) in [5.74, 6) is 0. The van der Waals surface area contributed by atoms with Crippen molar-refractivity contribution >= 4 is 28.1 Å². The van der Waals surface area contributed by atoms with Gasteiger partial charge in [0.1, 0.15) is 4.99 Å². The molecule has 0 aliphatic heterocycles. The monoisotopic (exact) mass is 294 g/mol. The molecule has 0 atom stereocenters. The Kier molecular flexibility index (Phi) is 3.54. The van der Waals surface area contributed by atoms with Gasteiger partial charge in [0.15, 0.2) is 0 Å². The number of hydrogen-bond acceptors (Lipinski definition) is 2. The topological polar surface area (TPSA) is 48.0 Å². The van der Waals surface area contributed by atoms with Gasteiger partial charge in [-0.3, -0.25) is 4.79 Å². The molecule has 0 spiro atoms. The average molecular weight is 294 g/mol. The molecule has 3 nitrogen and oxygen atoms in total. The van der Waals surface area contributed by atoms with Gasteiger partial charge in [0.2, 0.25) is 0 Å². The first-order chi connectivity index (χ1) is 10.1. The van der Waals surface area contributed by atoms with Gasteiger partial charge in [-0.05, 0) is 29.1 Å². The third kappa shape index (κ3) is 2.71. The fourth-order valence-corrected chi connectivity index (χ4v) is 2.54. The van der Waals surface area contributed by atoms with Crippen LogP contribution in [0.5, 0.6) is 0 Å². The van der Waals surface area contributed by atoms with Crippen LogP contribution in [0.15, 0.2) is 65.5 Å². The van der Waals surface area contributed by atoms with Crippen LogP contribution in [0.2, 0.25) is 0 Å². The zero-order chi connectivity index (χ0) is 14.8. The number of nitrogens with zero attached hydrogens (tertiary/aromatic N) is 1. The van der Waals surface area contributed by atoms with Crippen molar-refractivity contribution in [2.45, 2.75) is 6.54 Å². The van der Waals surface area contributed by atoms with Gasteiger partial charge >= 0.3 is 0 Å². The van der Waals surface area contributed by atoms with Crippen LogP contribution >= 0.6 is 12.2 Å². The zero-order valence-electron chi connectivity index (χ0n) is 11.3. The fraction of sp³-hybridized carbons (Fsp3) is 0.0588. The Morgan fingerprint density at radius 2 is 1.86 bits per heavy atom. The number of aromatic nitrogens is 1. The minimum absolute atomic E-state index is 0.0190. The second-order valence-electron chi connectivity index (χ2n) is 4.88. The summed E-state index contributed by atoms with van der Waals surface area (Å²) in [6.07, 6.45) is 0. The summed E-state index contributed by atoms with van der Waals surface area (Å²) in [4.78, 5) is 12.5. The van der Waals surface area contributed by atoms with E-state index in [1.807, 2.05) is 54.6 Å². The number of fused-ring (bicyclic) bond motifs is 1. The molecule has 0 unspecified atom stereocenters. The lowest BCUT2D eigenvalue weighted by molar-refractivity contribution is 0.794. The van der Waals surface area contributed by atoms with Gasteiger partial charge in [0.25, 0.3) is 5.56 Å². The minimum atomic E-state index is -0.0190. The maximum absolute atomic E-state index is 12.2. The number of rotatable bonds is 3. The van der Waals surface area contributed by atoms with Gasteiger partial charge in [-0.15, -0.1) is 0 Å². The molecule has 0 aliphatic rings. The zero-order valence-corrected chi connectivity index (χ0v) is 12.1. The average Bonchev–Trinajstić information content (AvgIpc) is 2.50. The van der Waals surface area contributed by atoms with Crippen molar-refractivity contribution in [3.8, 4) is 0 Å². The maximum Gasteiger partial charge on any atom is 0.251 e. The van der Waals surface area contributed by atoms with Crippen LogP contribution in [0.1, 0.15) is 11.1 Å².